The Balaban J connectivity index is 1.47. The number of hydrogen-bond donors (Lipinski definition) is 1. The molecule has 4 rings (SSSR count). The van der Waals surface area contributed by atoms with Gasteiger partial charge in [0.15, 0.2) is 0 Å². The first-order valence-corrected chi connectivity index (χ1v) is 11.0. The SMILES string of the molecule is CC(C)C(=O)NC1CC12CCN(S(=O)(=O)c1cccc3nsnc13)CC2. The molecule has 1 atom stereocenters. The Morgan fingerprint density at radius 1 is 1.31 bits per heavy atom. The van der Waals surface area contributed by atoms with Crippen molar-refractivity contribution < 1.29 is 13.2 Å². The normalized spacial score (nSPS) is 22.8. The molecule has 1 unspecified atom stereocenters. The molecule has 26 heavy (non-hydrogen) atoms. The van der Waals surface area contributed by atoms with Crippen molar-refractivity contribution in [3.63, 3.8) is 0 Å². The first kappa shape index (κ1) is 17.8. The number of hydrogen-bond acceptors (Lipinski definition) is 6. The molecule has 2 heterocycles. The first-order chi connectivity index (χ1) is 12.3. The maximum atomic E-state index is 13.1. The third-order valence-corrected chi connectivity index (χ3v) is 8.09. The van der Waals surface area contributed by atoms with Crippen LogP contribution in [0.25, 0.3) is 11.0 Å². The number of rotatable bonds is 4. The van der Waals surface area contributed by atoms with Gasteiger partial charge in [-0.25, -0.2) is 8.42 Å². The fourth-order valence-electron chi connectivity index (χ4n) is 3.74. The lowest BCUT2D eigenvalue weighted by molar-refractivity contribution is -0.124. The van der Waals surface area contributed by atoms with Crippen molar-refractivity contribution >= 4 is 38.7 Å². The topological polar surface area (TPSA) is 92.3 Å². The zero-order valence-corrected chi connectivity index (χ0v) is 16.4. The number of nitrogens with zero attached hydrogens (tertiary/aromatic N) is 3. The highest BCUT2D eigenvalue weighted by atomic mass is 32.2. The molecule has 1 amide bonds. The maximum absolute atomic E-state index is 13.1. The van der Waals surface area contributed by atoms with Gasteiger partial charge in [0.25, 0.3) is 0 Å². The minimum atomic E-state index is -3.58. The predicted molar refractivity (Wildman–Crippen MR) is 99.2 cm³/mol. The molecule has 1 aliphatic carbocycles. The molecule has 1 saturated heterocycles. The molecular formula is C17H22N4O3S2. The quantitative estimate of drug-likeness (QED) is 0.856. The van der Waals surface area contributed by atoms with E-state index >= 15 is 0 Å². The van der Waals surface area contributed by atoms with Crippen molar-refractivity contribution in [3.05, 3.63) is 18.2 Å². The van der Waals surface area contributed by atoms with Gasteiger partial charge in [0.1, 0.15) is 15.9 Å². The van der Waals surface area contributed by atoms with E-state index in [0.717, 1.165) is 31.0 Å². The zero-order valence-electron chi connectivity index (χ0n) is 14.8. The molecule has 0 radical (unpaired) electrons. The van der Waals surface area contributed by atoms with Crippen LogP contribution in [-0.4, -0.2) is 46.5 Å². The van der Waals surface area contributed by atoms with Gasteiger partial charge in [-0.2, -0.15) is 13.1 Å². The van der Waals surface area contributed by atoms with E-state index < -0.39 is 10.0 Å². The van der Waals surface area contributed by atoms with Gasteiger partial charge in [-0.3, -0.25) is 4.79 Å². The zero-order chi connectivity index (χ0) is 18.5. The molecule has 1 aromatic heterocycles. The summed E-state index contributed by atoms with van der Waals surface area (Å²) in [6.07, 6.45) is 2.51. The van der Waals surface area contributed by atoms with Gasteiger partial charge in [-0.15, -0.1) is 0 Å². The fourth-order valence-corrected chi connectivity index (χ4v) is 5.94. The molecule has 140 valence electrons. The van der Waals surface area contributed by atoms with Crippen LogP contribution >= 0.6 is 11.7 Å². The van der Waals surface area contributed by atoms with Crippen LogP contribution in [-0.2, 0) is 14.8 Å². The number of aromatic nitrogens is 2. The summed E-state index contributed by atoms with van der Waals surface area (Å²) in [6, 6.07) is 5.27. The Kier molecular flexibility index (Phi) is 4.28. The summed E-state index contributed by atoms with van der Waals surface area (Å²) >= 11 is 1.02. The van der Waals surface area contributed by atoms with E-state index in [1.54, 1.807) is 22.5 Å². The first-order valence-electron chi connectivity index (χ1n) is 8.85. The van der Waals surface area contributed by atoms with Gasteiger partial charge in [-0.05, 0) is 36.8 Å². The molecule has 2 aromatic rings. The second-order valence-electron chi connectivity index (χ2n) is 7.57. The molecule has 9 heteroatoms. The van der Waals surface area contributed by atoms with Gasteiger partial charge in [0, 0.05) is 25.0 Å². The van der Waals surface area contributed by atoms with Crippen LogP contribution in [0, 0.1) is 11.3 Å². The van der Waals surface area contributed by atoms with Gasteiger partial charge >= 0.3 is 0 Å². The number of nitrogens with one attached hydrogen (secondary N) is 1. The Morgan fingerprint density at radius 3 is 2.73 bits per heavy atom. The monoisotopic (exact) mass is 394 g/mol. The van der Waals surface area contributed by atoms with Crippen molar-refractivity contribution in [3.8, 4) is 0 Å². The van der Waals surface area contributed by atoms with E-state index in [-0.39, 0.29) is 28.2 Å². The van der Waals surface area contributed by atoms with Crippen molar-refractivity contribution in [2.24, 2.45) is 11.3 Å². The summed E-state index contributed by atoms with van der Waals surface area (Å²) in [5.74, 6) is 0.0463. The lowest BCUT2D eigenvalue weighted by Gasteiger charge is -2.32. The summed E-state index contributed by atoms with van der Waals surface area (Å²) in [6.45, 7) is 4.72. The molecule has 1 aromatic carbocycles. The van der Waals surface area contributed by atoms with Crippen molar-refractivity contribution in [2.75, 3.05) is 13.1 Å². The number of carbonyl (C=O) groups excluding carboxylic acids is 1. The van der Waals surface area contributed by atoms with Crippen molar-refractivity contribution in [1.29, 1.82) is 0 Å². The Bertz CT molecular complexity index is 946. The Morgan fingerprint density at radius 2 is 2.04 bits per heavy atom. The molecular weight excluding hydrogens is 372 g/mol. The summed E-state index contributed by atoms with van der Waals surface area (Å²) in [7, 11) is -3.58. The van der Waals surface area contributed by atoms with E-state index in [1.807, 2.05) is 13.8 Å². The molecule has 0 bridgehead atoms. The largest absolute Gasteiger partial charge is 0.353 e. The van der Waals surface area contributed by atoms with Crippen molar-refractivity contribution in [2.45, 2.75) is 44.0 Å². The Hall–Kier alpha value is -1.58. The minimum absolute atomic E-state index is 0.0275. The van der Waals surface area contributed by atoms with Crippen LogP contribution in [0.1, 0.15) is 33.1 Å². The molecule has 1 saturated carbocycles. The standard InChI is InChI=1S/C17H22N4O3S2/c1-11(2)16(22)18-14-10-17(14)6-8-21(9-7-17)26(23,24)13-5-3-4-12-15(13)20-25-19-12/h3-5,11,14H,6-10H2,1-2H3,(H,18,22). The highest BCUT2D eigenvalue weighted by molar-refractivity contribution is 7.89. The predicted octanol–water partition coefficient (Wildman–Crippen LogP) is 2.01. The van der Waals surface area contributed by atoms with Crippen LogP contribution in [0.5, 0.6) is 0 Å². The van der Waals surface area contributed by atoms with Crippen molar-refractivity contribution in [1.82, 2.24) is 18.4 Å². The van der Waals surface area contributed by atoms with Gasteiger partial charge in [-0.1, -0.05) is 19.9 Å². The number of amides is 1. The minimum Gasteiger partial charge on any atom is -0.353 e. The van der Waals surface area contributed by atoms with Gasteiger partial charge < -0.3 is 5.32 Å². The van der Waals surface area contributed by atoms with Crippen LogP contribution in [0.3, 0.4) is 0 Å². The smallest absolute Gasteiger partial charge is 0.245 e. The average molecular weight is 395 g/mol. The summed E-state index contributed by atoms with van der Waals surface area (Å²) in [4.78, 5) is 12.1. The van der Waals surface area contributed by atoms with Crippen LogP contribution in [0.2, 0.25) is 0 Å². The number of sulfonamides is 1. The third kappa shape index (κ3) is 2.91. The molecule has 1 N–H and O–H groups in total. The lowest BCUT2D eigenvalue weighted by Crippen LogP contribution is -2.42. The lowest BCUT2D eigenvalue weighted by atomic mass is 9.94. The Labute approximate surface area is 157 Å². The molecule has 1 spiro atoms. The summed E-state index contributed by atoms with van der Waals surface area (Å²) in [5.41, 5.74) is 1.14. The number of benzene rings is 1. The van der Waals surface area contributed by atoms with E-state index in [0.29, 0.717) is 24.1 Å². The molecule has 2 fully saturated rings. The summed E-state index contributed by atoms with van der Waals surface area (Å²) < 4.78 is 36.0. The second-order valence-corrected chi connectivity index (χ2v) is 10.0. The molecule has 1 aliphatic heterocycles. The number of fused-ring (bicyclic) bond motifs is 1. The van der Waals surface area contributed by atoms with E-state index in [2.05, 4.69) is 14.1 Å². The number of piperidine rings is 1. The summed E-state index contributed by atoms with van der Waals surface area (Å²) in [5, 5.41) is 3.10. The third-order valence-electron chi connectivity index (χ3n) is 5.62. The van der Waals surface area contributed by atoms with Crippen LogP contribution < -0.4 is 5.32 Å². The van der Waals surface area contributed by atoms with Crippen LogP contribution in [0.4, 0.5) is 0 Å². The van der Waals surface area contributed by atoms with E-state index in [9.17, 15) is 13.2 Å². The second kappa shape index (κ2) is 6.24. The fraction of sp³-hybridized carbons (Fsp3) is 0.588. The number of carbonyl (C=O) groups is 1. The van der Waals surface area contributed by atoms with Gasteiger partial charge in [0.2, 0.25) is 15.9 Å². The van der Waals surface area contributed by atoms with E-state index in [4.69, 9.17) is 0 Å². The van der Waals surface area contributed by atoms with Gasteiger partial charge in [0.05, 0.1) is 11.7 Å². The maximum Gasteiger partial charge on any atom is 0.245 e. The highest BCUT2D eigenvalue weighted by Gasteiger charge is 2.56. The average Bonchev–Trinajstić information content (AvgIpc) is 3.05. The molecule has 7 nitrogen and oxygen atoms in total. The molecule has 2 aliphatic rings. The van der Waals surface area contributed by atoms with E-state index in [1.165, 1.54) is 0 Å². The van der Waals surface area contributed by atoms with Crippen LogP contribution in [0.15, 0.2) is 23.1 Å². The highest BCUT2D eigenvalue weighted by Crippen LogP contribution is 2.54.